The first kappa shape index (κ1) is 12.9. The van der Waals surface area contributed by atoms with Crippen molar-refractivity contribution in [2.45, 2.75) is 13.0 Å². The fraction of sp³-hybridized carbons (Fsp3) is 0.429. The van der Waals surface area contributed by atoms with Crippen LogP contribution in [0.25, 0.3) is 0 Å². The number of aromatic nitrogens is 2. The second-order valence-corrected chi connectivity index (χ2v) is 4.88. The standard InChI is InChI=1S/C14H18N4O2/c1-2-17-6-7-18(14(19)11-3-8-20-10-11)9-12(17)13-15-4-5-16-13/h3-5,8,10,12H,2,6-7,9H2,1H3,(H,15,16). The van der Waals surface area contributed by atoms with Crippen molar-refractivity contribution in [1.82, 2.24) is 19.8 Å². The number of piperazine rings is 1. The topological polar surface area (TPSA) is 65.4 Å². The number of nitrogens with one attached hydrogen (secondary N) is 1. The Morgan fingerprint density at radius 2 is 2.45 bits per heavy atom. The fourth-order valence-electron chi connectivity index (χ4n) is 2.67. The molecule has 6 heteroatoms. The van der Waals surface area contributed by atoms with Gasteiger partial charge in [-0.3, -0.25) is 9.69 Å². The normalized spacial score (nSPS) is 20.2. The molecule has 0 aromatic carbocycles. The van der Waals surface area contributed by atoms with Crippen LogP contribution in [0.4, 0.5) is 0 Å². The summed E-state index contributed by atoms with van der Waals surface area (Å²) < 4.78 is 4.99. The summed E-state index contributed by atoms with van der Waals surface area (Å²) >= 11 is 0. The summed E-state index contributed by atoms with van der Waals surface area (Å²) in [6.07, 6.45) is 6.59. The van der Waals surface area contributed by atoms with Crippen molar-refractivity contribution in [3.05, 3.63) is 42.4 Å². The van der Waals surface area contributed by atoms with E-state index in [4.69, 9.17) is 4.42 Å². The lowest BCUT2D eigenvalue weighted by Gasteiger charge is -2.39. The summed E-state index contributed by atoms with van der Waals surface area (Å²) in [5.41, 5.74) is 0.605. The zero-order valence-electron chi connectivity index (χ0n) is 11.5. The molecule has 6 nitrogen and oxygen atoms in total. The molecule has 1 aliphatic rings. The van der Waals surface area contributed by atoms with E-state index in [0.29, 0.717) is 12.1 Å². The smallest absolute Gasteiger partial charge is 0.257 e. The number of furan rings is 1. The first-order chi connectivity index (χ1) is 9.79. The van der Waals surface area contributed by atoms with E-state index in [-0.39, 0.29) is 11.9 Å². The predicted molar refractivity (Wildman–Crippen MR) is 73.2 cm³/mol. The number of hydrogen-bond acceptors (Lipinski definition) is 4. The molecule has 1 fully saturated rings. The number of aromatic amines is 1. The van der Waals surface area contributed by atoms with E-state index >= 15 is 0 Å². The van der Waals surface area contributed by atoms with Crippen molar-refractivity contribution in [3.8, 4) is 0 Å². The number of carbonyl (C=O) groups is 1. The number of nitrogens with zero attached hydrogens (tertiary/aromatic N) is 3. The number of H-pyrrole nitrogens is 1. The SMILES string of the molecule is CCN1CCN(C(=O)c2ccoc2)CC1c1ncc[nH]1. The largest absolute Gasteiger partial charge is 0.472 e. The molecule has 3 rings (SSSR count). The number of rotatable bonds is 3. The lowest BCUT2D eigenvalue weighted by atomic mass is 10.1. The molecule has 0 aliphatic carbocycles. The molecule has 106 valence electrons. The summed E-state index contributed by atoms with van der Waals surface area (Å²) in [6.45, 7) is 5.30. The maximum Gasteiger partial charge on any atom is 0.257 e. The van der Waals surface area contributed by atoms with Gasteiger partial charge in [0.15, 0.2) is 0 Å². The van der Waals surface area contributed by atoms with Crippen LogP contribution in [0, 0.1) is 0 Å². The van der Waals surface area contributed by atoms with Crippen molar-refractivity contribution in [2.75, 3.05) is 26.2 Å². The summed E-state index contributed by atoms with van der Waals surface area (Å²) in [6, 6.07) is 1.83. The molecule has 3 heterocycles. The fourth-order valence-corrected chi connectivity index (χ4v) is 2.67. The minimum atomic E-state index is 0.0195. The van der Waals surface area contributed by atoms with E-state index in [1.807, 2.05) is 11.1 Å². The number of imidazole rings is 1. The molecule has 0 bridgehead atoms. The van der Waals surface area contributed by atoms with Gasteiger partial charge in [-0.1, -0.05) is 6.92 Å². The Bertz CT molecular complexity index is 550. The van der Waals surface area contributed by atoms with Crippen LogP contribution in [-0.2, 0) is 0 Å². The van der Waals surface area contributed by atoms with Crippen LogP contribution in [0.2, 0.25) is 0 Å². The van der Waals surface area contributed by atoms with Crippen molar-refractivity contribution < 1.29 is 9.21 Å². The third-order valence-corrected chi connectivity index (χ3v) is 3.79. The first-order valence-electron chi connectivity index (χ1n) is 6.84. The van der Waals surface area contributed by atoms with Crippen molar-refractivity contribution >= 4 is 5.91 Å². The van der Waals surface area contributed by atoms with E-state index in [2.05, 4.69) is 21.8 Å². The van der Waals surface area contributed by atoms with Gasteiger partial charge in [-0.2, -0.15) is 0 Å². The van der Waals surface area contributed by atoms with E-state index in [1.165, 1.54) is 12.5 Å². The molecule has 0 radical (unpaired) electrons. The van der Waals surface area contributed by atoms with E-state index in [9.17, 15) is 4.79 Å². The van der Waals surface area contributed by atoms with Crippen LogP contribution >= 0.6 is 0 Å². The number of hydrogen-bond donors (Lipinski definition) is 1. The molecule has 0 spiro atoms. The zero-order chi connectivity index (χ0) is 13.9. The van der Waals surface area contributed by atoms with Crippen molar-refractivity contribution in [2.24, 2.45) is 0 Å². The number of carbonyl (C=O) groups excluding carboxylic acids is 1. The molecule has 1 atom stereocenters. The predicted octanol–water partition coefficient (Wildman–Crippen LogP) is 1.52. The monoisotopic (exact) mass is 274 g/mol. The summed E-state index contributed by atoms with van der Waals surface area (Å²) in [5, 5.41) is 0. The van der Waals surface area contributed by atoms with Gasteiger partial charge in [-0.05, 0) is 12.6 Å². The highest BCUT2D eigenvalue weighted by molar-refractivity contribution is 5.93. The third kappa shape index (κ3) is 2.34. The molecule has 1 unspecified atom stereocenters. The highest BCUT2D eigenvalue weighted by atomic mass is 16.3. The second kappa shape index (κ2) is 5.50. The summed E-state index contributed by atoms with van der Waals surface area (Å²) in [5.74, 6) is 0.933. The molecule has 1 amide bonds. The lowest BCUT2D eigenvalue weighted by Crippen LogP contribution is -2.50. The van der Waals surface area contributed by atoms with Crippen LogP contribution in [0.1, 0.15) is 29.1 Å². The number of likely N-dealkylation sites (N-methyl/N-ethyl adjacent to an activating group) is 1. The maximum atomic E-state index is 12.4. The highest BCUT2D eigenvalue weighted by Gasteiger charge is 2.31. The van der Waals surface area contributed by atoms with Gasteiger partial charge in [-0.25, -0.2) is 4.98 Å². The van der Waals surface area contributed by atoms with E-state index < -0.39 is 0 Å². The molecule has 1 aliphatic heterocycles. The van der Waals surface area contributed by atoms with Gasteiger partial charge in [0.25, 0.3) is 5.91 Å². The molecular formula is C14H18N4O2. The Labute approximate surface area is 117 Å². The maximum absolute atomic E-state index is 12.4. The van der Waals surface area contributed by atoms with Gasteiger partial charge in [0, 0.05) is 32.0 Å². The molecule has 1 saturated heterocycles. The summed E-state index contributed by atoms with van der Waals surface area (Å²) in [4.78, 5) is 24.1. The zero-order valence-corrected chi connectivity index (χ0v) is 11.5. The van der Waals surface area contributed by atoms with E-state index in [0.717, 1.165) is 25.5 Å². The Balaban J connectivity index is 1.78. The van der Waals surface area contributed by atoms with Crippen molar-refractivity contribution in [1.29, 1.82) is 0 Å². The summed E-state index contributed by atoms with van der Waals surface area (Å²) in [7, 11) is 0. The minimum Gasteiger partial charge on any atom is -0.472 e. The molecule has 0 saturated carbocycles. The van der Waals surface area contributed by atoms with Gasteiger partial charge in [0.1, 0.15) is 12.1 Å². The second-order valence-electron chi connectivity index (χ2n) is 4.88. The van der Waals surface area contributed by atoms with Crippen molar-refractivity contribution in [3.63, 3.8) is 0 Å². The van der Waals surface area contributed by atoms with Gasteiger partial charge in [0.05, 0.1) is 17.9 Å². The van der Waals surface area contributed by atoms with Crippen LogP contribution in [0.15, 0.2) is 35.4 Å². The lowest BCUT2D eigenvalue weighted by molar-refractivity contribution is 0.0479. The van der Waals surface area contributed by atoms with Gasteiger partial charge in [0.2, 0.25) is 0 Å². The van der Waals surface area contributed by atoms with Crippen LogP contribution in [0.5, 0.6) is 0 Å². The average molecular weight is 274 g/mol. The Morgan fingerprint density at radius 3 is 3.10 bits per heavy atom. The average Bonchev–Trinajstić information content (AvgIpc) is 3.18. The molecule has 1 N–H and O–H groups in total. The third-order valence-electron chi connectivity index (χ3n) is 3.79. The number of amides is 1. The van der Waals surface area contributed by atoms with Gasteiger partial charge >= 0.3 is 0 Å². The first-order valence-corrected chi connectivity index (χ1v) is 6.84. The molecular weight excluding hydrogens is 256 g/mol. The van der Waals surface area contributed by atoms with Crippen LogP contribution in [-0.4, -0.2) is 51.9 Å². The Hall–Kier alpha value is -2.08. The van der Waals surface area contributed by atoms with Gasteiger partial charge < -0.3 is 14.3 Å². The minimum absolute atomic E-state index is 0.0195. The molecule has 20 heavy (non-hydrogen) atoms. The molecule has 2 aromatic rings. The van der Waals surface area contributed by atoms with Crippen LogP contribution < -0.4 is 0 Å². The quantitative estimate of drug-likeness (QED) is 0.921. The highest BCUT2D eigenvalue weighted by Crippen LogP contribution is 2.23. The van der Waals surface area contributed by atoms with E-state index in [1.54, 1.807) is 12.3 Å². The van der Waals surface area contributed by atoms with Gasteiger partial charge in [-0.15, -0.1) is 0 Å². The Kier molecular flexibility index (Phi) is 3.56. The Morgan fingerprint density at radius 1 is 1.55 bits per heavy atom. The van der Waals surface area contributed by atoms with Crippen LogP contribution in [0.3, 0.4) is 0 Å². The molecule has 2 aromatic heterocycles.